The zero-order chi connectivity index (χ0) is 17.9. The van der Waals surface area contributed by atoms with E-state index in [1.54, 1.807) is 18.3 Å². The van der Waals surface area contributed by atoms with Crippen molar-refractivity contribution in [3.8, 4) is 17.1 Å². The van der Waals surface area contributed by atoms with E-state index in [0.717, 1.165) is 17.7 Å². The lowest BCUT2D eigenvalue weighted by Crippen LogP contribution is -2.29. The molecule has 1 aromatic carbocycles. The minimum absolute atomic E-state index is 0.0687. The van der Waals surface area contributed by atoms with Gasteiger partial charge in [-0.05, 0) is 18.6 Å². The SMILES string of the molecule is COc1ncccc1C(=O)N1CCC(n2cc(-c3ccccc3)nn2)C1. The number of carbonyl (C=O) groups excluding carboxylic acids is 1. The van der Waals surface area contributed by atoms with Crippen molar-refractivity contribution in [2.24, 2.45) is 0 Å². The number of amides is 1. The number of pyridine rings is 1. The van der Waals surface area contributed by atoms with E-state index in [-0.39, 0.29) is 11.9 Å². The average Bonchev–Trinajstić information content (AvgIpc) is 3.37. The highest BCUT2D eigenvalue weighted by Crippen LogP contribution is 2.26. The Morgan fingerprint density at radius 1 is 1.19 bits per heavy atom. The third-order valence-corrected chi connectivity index (χ3v) is 4.60. The minimum atomic E-state index is -0.0687. The number of nitrogens with zero attached hydrogens (tertiary/aromatic N) is 5. The molecule has 7 nitrogen and oxygen atoms in total. The van der Waals surface area contributed by atoms with Gasteiger partial charge in [-0.15, -0.1) is 5.10 Å². The summed E-state index contributed by atoms with van der Waals surface area (Å²) < 4.78 is 7.06. The molecule has 132 valence electrons. The molecule has 1 fully saturated rings. The number of carbonyl (C=O) groups is 1. The highest BCUT2D eigenvalue weighted by Gasteiger charge is 2.30. The second-order valence-corrected chi connectivity index (χ2v) is 6.20. The molecule has 0 spiro atoms. The van der Waals surface area contributed by atoms with Crippen molar-refractivity contribution in [3.05, 3.63) is 60.4 Å². The molecule has 3 aromatic rings. The highest BCUT2D eigenvalue weighted by atomic mass is 16.5. The van der Waals surface area contributed by atoms with Gasteiger partial charge >= 0.3 is 0 Å². The number of rotatable bonds is 4. The molecule has 0 radical (unpaired) electrons. The van der Waals surface area contributed by atoms with E-state index in [9.17, 15) is 4.79 Å². The van der Waals surface area contributed by atoms with Crippen molar-refractivity contribution in [2.45, 2.75) is 12.5 Å². The van der Waals surface area contributed by atoms with Gasteiger partial charge < -0.3 is 9.64 Å². The van der Waals surface area contributed by atoms with Gasteiger partial charge in [0.1, 0.15) is 11.3 Å². The Morgan fingerprint density at radius 2 is 2.04 bits per heavy atom. The van der Waals surface area contributed by atoms with Crippen LogP contribution in [0.3, 0.4) is 0 Å². The van der Waals surface area contributed by atoms with Crippen molar-refractivity contribution in [2.75, 3.05) is 20.2 Å². The van der Waals surface area contributed by atoms with Crippen LogP contribution in [0.5, 0.6) is 5.88 Å². The number of likely N-dealkylation sites (tertiary alicyclic amines) is 1. The molecule has 1 saturated heterocycles. The van der Waals surface area contributed by atoms with Crippen LogP contribution in [0.15, 0.2) is 54.9 Å². The number of ether oxygens (including phenoxy) is 1. The Morgan fingerprint density at radius 3 is 2.85 bits per heavy atom. The summed E-state index contributed by atoms with van der Waals surface area (Å²) in [5.41, 5.74) is 2.35. The third kappa shape index (κ3) is 3.03. The molecule has 4 rings (SSSR count). The fourth-order valence-corrected chi connectivity index (χ4v) is 3.23. The van der Waals surface area contributed by atoms with Crippen LogP contribution in [0.1, 0.15) is 22.8 Å². The summed E-state index contributed by atoms with van der Waals surface area (Å²) in [5, 5.41) is 8.53. The maximum absolute atomic E-state index is 12.8. The Balaban J connectivity index is 1.49. The fraction of sp³-hybridized carbons (Fsp3) is 0.263. The number of hydrogen-bond acceptors (Lipinski definition) is 5. The summed E-state index contributed by atoms with van der Waals surface area (Å²) >= 11 is 0. The van der Waals surface area contributed by atoms with E-state index in [1.165, 1.54) is 7.11 Å². The Labute approximate surface area is 151 Å². The van der Waals surface area contributed by atoms with E-state index >= 15 is 0 Å². The summed E-state index contributed by atoms with van der Waals surface area (Å²) in [5.74, 6) is 0.286. The molecule has 1 amide bonds. The van der Waals surface area contributed by atoms with E-state index in [0.29, 0.717) is 24.5 Å². The van der Waals surface area contributed by atoms with Crippen molar-refractivity contribution in [3.63, 3.8) is 0 Å². The maximum atomic E-state index is 12.8. The van der Waals surface area contributed by atoms with Crippen LogP contribution >= 0.6 is 0 Å². The van der Waals surface area contributed by atoms with Gasteiger partial charge in [-0.2, -0.15) is 0 Å². The van der Waals surface area contributed by atoms with Gasteiger partial charge in [-0.3, -0.25) is 4.79 Å². The number of hydrogen-bond donors (Lipinski definition) is 0. The maximum Gasteiger partial charge on any atom is 0.259 e. The van der Waals surface area contributed by atoms with Crippen LogP contribution in [0.4, 0.5) is 0 Å². The first-order valence-electron chi connectivity index (χ1n) is 8.52. The zero-order valence-electron chi connectivity index (χ0n) is 14.4. The Hall–Kier alpha value is -3.22. The predicted molar refractivity (Wildman–Crippen MR) is 95.8 cm³/mol. The molecule has 1 atom stereocenters. The smallest absolute Gasteiger partial charge is 0.259 e. The molecule has 2 aromatic heterocycles. The molecule has 7 heteroatoms. The molecule has 1 unspecified atom stereocenters. The summed E-state index contributed by atoms with van der Waals surface area (Å²) in [7, 11) is 1.52. The van der Waals surface area contributed by atoms with Gasteiger partial charge in [-0.25, -0.2) is 9.67 Å². The second kappa shape index (κ2) is 6.95. The lowest BCUT2D eigenvalue weighted by Gasteiger charge is -2.17. The second-order valence-electron chi connectivity index (χ2n) is 6.20. The van der Waals surface area contributed by atoms with E-state index in [4.69, 9.17) is 4.74 Å². The first kappa shape index (κ1) is 16.3. The van der Waals surface area contributed by atoms with Crippen LogP contribution in [0, 0.1) is 0 Å². The van der Waals surface area contributed by atoms with Gasteiger partial charge in [0.05, 0.1) is 19.3 Å². The van der Waals surface area contributed by atoms with Gasteiger partial charge in [0.2, 0.25) is 5.88 Å². The first-order chi connectivity index (χ1) is 12.8. The van der Waals surface area contributed by atoms with Gasteiger partial charge in [-0.1, -0.05) is 35.5 Å². The summed E-state index contributed by atoms with van der Waals surface area (Å²) in [6.45, 7) is 1.26. The zero-order valence-corrected chi connectivity index (χ0v) is 14.4. The topological polar surface area (TPSA) is 73.1 Å². The van der Waals surface area contributed by atoms with Gasteiger partial charge in [0.15, 0.2) is 0 Å². The monoisotopic (exact) mass is 349 g/mol. The van der Waals surface area contributed by atoms with Crippen LogP contribution in [-0.2, 0) is 0 Å². The lowest BCUT2D eigenvalue weighted by atomic mass is 10.2. The fourth-order valence-electron chi connectivity index (χ4n) is 3.23. The Kier molecular flexibility index (Phi) is 4.35. The van der Waals surface area contributed by atoms with Crippen LogP contribution in [-0.4, -0.2) is 51.0 Å². The van der Waals surface area contributed by atoms with E-state index in [1.807, 2.05) is 46.1 Å². The predicted octanol–water partition coefficient (Wildman–Crippen LogP) is 2.44. The quantitative estimate of drug-likeness (QED) is 0.723. The van der Waals surface area contributed by atoms with E-state index < -0.39 is 0 Å². The molecule has 1 aliphatic heterocycles. The number of aromatic nitrogens is 4. The molecular formula is C19H19N5O2. The van der Waals surface area contributed by atoms with Crippen LogP contribution in [0.2, 0.25) is 0 Å². The van der Waals surface area contributed by atoms with Crippen molar-refractivity contribution in [1.29, 1.82) is 0 Å². The number of methoxy groups -OCH3 is 1. The molecule has 26 heavy (non-hydrogen) atoms. The first-order valence-corrected chi connectivity index (χ1v) is 8.52. The summed E-state index contributed by atoms with van der Waals surface area (Å²) in [6.07, 6.45) is 4.40. The summed E-state index contributed by atoms with van der Waals surface area (Å²) in [6, 6.07) is 13.5. The highest BCUT2D eigenvalue weighted by molar-refractivity contribution is 5.96. The molecule has 1 aliphatic rings. The molecule has 0 aliphatic carbocycles. The average molecular weight is 349 g/mol. The van der Waals surface area contributed by atoms with Crippen LogP contribution in [0.25, 0.3) is 11.3 Å². The standard InChI is InChI=1S/C19H19N5O2/c1-26-18-16(8-5-10-20-18)19(25)23-11-9-15(12-23)24-13-17(21-22-24)14-6-3-2-4-7-14/h2-8,10,13,15H,9,11-12H2,1H3. The molecule has 0 saturated carbocycles. The molecular weight excluding hydrogens is 330 g/mol. The Bertz CT molecular complexity index is 909. The molecule has 3 heterocycles. The molecule has 0 N–H and O–H groups in total. The minimum Gasteiger partial charge on any atom is -0.480 e. The lowest BCUT2D eigenvalue weighted by molar-refractivity contribution is 0.0782. The largest absolute Gasteiger partial charge is 0.480 e. The van der Waals surface area contributed by atoms with Gasteiger partial charge in [0, 0.05) is 24.8 Å². The van der Waals surface area contributed by atoms with Crippen molar-refractivity contribution >= 4 is 5.91 Å². The normalized spacial score (nSPS) is 16.7. The van der Waals surface area contributed by atoms with Crippen molar-refractivity contribution in [1.82, 2.24) is 24.9 Å². The summed E-state index contributed by atoms with van der Waals surface area (Å²) in [4.78, 5) is 18.7. The van der Waals surface area contributed by atoms with Crippen LogP contribution < -0.4 is 4.74 Å². The van der Waals surface area contributed by atoms with Crippen molar-refractivity contribution < 1.29 is 9.53 Å². The van der Waals surface area contributed by atoms with Gasteiger partial charge in [0.25, 0.3) is 5.91 Å². The van der Waals surface area contributed by atoms with E-state index in [2.05, 4.69) is 15.3 Å². The number of benzene rings is 1. The molecule has 0 bridgehead atoms. The third-order valence-electron chi connectivity index (χ3n) is 4.60.